The zero-order valence-corrected chi connectivity index (χ0v) is 14.3. The number of allylic oxidation sites excluding steroid dienone is 2. The summed E-state index contributed by atoms with van der Waals surface area (Å²) < 4.78 is 0. The maximum absolute atomic E-state index is 12.3. The quantitative estimate of drug-likeness (QED) is 0.401. The van der Waals surface area contributed by atoms with Gasteiger partial charge >= 0.3 is 0 Å². The van der Waals surface area contributed by atoms with E-state index in [-0.39, 0.29) is 5.78 Å². The van der Waals surface area contributed by atoms with Crippen molar-refractivity contribution in [3.8, 4) is 0 Å². The van der Waals surface area contributed by atoms with Crippen LogP contribution < -0.4 is 0 Å². The van der Waals surface area contributed by atoms with Crippen molar-refractivity contribution in [2.45, 2.75) is 0 Å². The van der Waals surface area contributed by atoms with Crippen LogP contribution in [0.1, 0.15) is 11.1 Å². The second kappa shape index (κ2) is 7.20. The fraction of sp³-hybridized carbons (Fsp3) is 0. The molecule has 0 aliphatic rings. The van der Waals surface area contributed by atoms with Gasteiger partial charge in [0, 0.05) is 0 Å². The Morgan fingerprint density at radius 3 is 1.46 bits per heavy atom. The first-order valence-corrected chi connectivity index (χ1v) is 8.67. The lowest BCUT2D eigenvalue weighted by Crippen LogP contribution is -1.86. The Hall–Kier alpha value is -3.45. The Morgan fingerprint density at radius 2 is 0.962 bits per heavy atom. The van der Waals surface area contributed by atoms with Crippen LogP contribution in [-0.2, 0) is 4.79 Å². The van der Waals surface area contributed by atoms with Gasteiger partial charge in [-0.1, -0.05) is 97.1 Å². The third kappa shape index (κ3) is 3.33. The molecular weight excluding hydrogens is 316 g/mol. The Morgan fingerprint density at radius 1 is 0.538 bits per heavy atom. The highest BCUT2D eigenvalue weighted by Crippen LogP contribution is 2.21. The zero-order chi connectivity index (χ0) is 17.8. The lowest BCUT2D eigenvalue weighted by molar-refractivity contribution is -0.110. The van der Waals surface area contributed by atoms with Crippen LogP contribution in [0.5, 0.6) is 0 Å². The molecule has 4 aromatic carbocycles. The lowest BCUT2D eigenvalue weighted by atomic mass is 10.0. The zero-order valence-electron chi connectivity index (χ0n) is 14.3. The Bertz CT molecular complexity index is 1050. The molecule has 0 saturated heterocycles. The fourth-order valence-electron chi connectivity index (χ4n) is 3.19. The minimum Gasteiger partial charge on any atom is -0.290 e. The summed E-state index contributed by atoms with van der Waals surface area (Å²) in [5.74, 6) is -0.0223. The second-order valence-corrected chi connectivity index (χ2v) is 6.21. The van der Waals surface area contributed by atoms with Crippen molar-refractivity contribution in [1.82, 2.24) is 0 Å². The van der Waals surface area contributed by atoms with Gasteiger partial charge in [0.05, 0.1) is 0 Å². The summed E-state index contributed by atoms with van der Waals surface area (Å²) in [6, 6.07) is 28.6. The minimum atomic E-state index is -0.0223. The molecule has 1 heteroatoms. The predicted octanol–water partition coefficient (Wildman–Crippen LogP) is 6.29. The Balaban J connectivity index is 1.58. The molecule has 0 bridgehead atoms. The number of hydrogen-bond acceptors (Lipinski definition) is 1. The van der Waals surface area contributed by atoms with Gasteiger partial charge in [0.25, 0.3) is 0 Å². The average Bonchev–Trinajstić information content (AvgIpc) is 2.70. The van der Waals surface area contributed by atoms with Crippen LogP contribution in [0.15, 0.2) is 97.1 Å². The molecule has 0 spiro atoms. The highest BCUT2D eigenvalue weighted by atomic mass is 16.1. The van der Waals surface area contributed by atoms with Crippen molar-refractivity contribution in [1.29, 1.82) is 0 Å². The van der Waals surface area contributed by atoms with E-state index in [0.717, 1.165) is 21.9 Å². The molecule has 1 nitrogen and oxygen atoms in total. The first-order valence-electron chi connectivity index (χ1n) is 8.67. The van der Waals surface area contributed by atoms with E-state index in [0.29, 0.717) is 0 Å². The molecule has 0 saturated carbocycles. The molecule has 0 N–H and O–H groups in total. The van der Waals surface area contributed by atoms with E-state index in [9.17, 15) is 4.79 Å². The maximum atomic E-state index is 12.3. The lowest BCUT2D eigenvalue weighted by Gasteiger charge is -2.01. The molecule has 4 aromatic rings. The van der Waals surface area contributed by atoms with E-state index >= 15 is 0 Å². The average molecular weight is 334 g/mol. The van der Waals surface area contributed by atoms with Gasteiger partial charge in [-0.25, -0.2) is 0 Å². The van der Waals surface area contributed by atoms with E-state index < -0.39 is 0 Å². The fourth-order valence-corrected chi connectivity index (χ4v) is 3.19. The van der Waals surface area contributed by atoms with Crippen molar-refractivity contribution in [3.63, 3.8) is 0 Å². The molecule has 0 heterocycles. The highest BCUT2D eigenvalue weighted by molar-refractivity contribution is 6.06. The molecule has 26 heavy (non-hydrogen) atoms. The monoisotopic (exact) mass is 334 g/mol. The van der Waals surface area contributed by atoms with Gasteiger partial charge in [0.1, 0.15) is 0 Å². The second-order valence-electron chi connectivity index (χ2n) is 6.21. The van der Waals surface area contributed by atoms with Gasteiger partial charge in [0.15, 0.2) is 5.78 Å². The molecular formula is C25H18O. The van der Waals surface area contributed by atoms with Crippen LogP contribution in [0.25, 0.3) is 33.7 Å². The van der Waals surface area contributed by atoms with Crippen molar-refractivity contribution in [2.24, 2.45) is 0 Å². The summed E-state index contributed by atoms with van der Waals surface area (Å²) in [4.78, 5) is 12.3. The normalized spacial score (nSPS) is 11.7. The number of ketones is 1. The van der Waals surface area contributed by atoms with Gasteiger partial charge in [0.2, 0.25) is 0 Å². The van der Waals surface area contributed by atoms with Crippen LogP contribution in [0.4, 0.5) is 0 Å². The Labute approximate surface area is 152 Å². The SMILES string of the molecule is O=C(C=Cc1cccc2ccccc12)C=Cc1cccc2ccccc12. The Kier molecular flexibility index (Phi) is 4.44. The summed E-state index contributed by atoms with van der Waals surface area (Å²) in [7, 11) is 0. The van der Waals surface area contributed by atoms with Crippen LogP contribution >= 0.6 is 0 Å². The molecule has 0 aliphatic carbocycles. The van der Waals surface area contributed by atoms with E-state index in [2.05, 4.69) is 36.4 Å². The predicted molar refractivity (Wildman–Crippen MR) is 111 cm³/mol. The molecule has 124 valence electrons. The third-order valence-electron chi connectivity index (χ3n) is 4.50. The molecule has 0 radical (unpaired) electrons. The van der Waals surface area contributed by atoms with Crippen LogP contribution in [-0.4, -0.2) is 5.78 Å². The summed E-state index contributed by atoms with van der Waals surface area (Å²) >= 11 is 0. The van der Waals surface area contributed by atoms with E-state index in [1.54, 1.807) is 12.2 Å². The van der Waals surface area contributed by atoms with Gasteiger partial charge in [-0.3, -0.25) is 4.79 Å². The summed E-state index contributed by atoms with van der Waals surface area (Å²) in [6.45, 7) is 0. The molecule has 4 rings (SSSR count). The van der Waals surface area contributed by atoms with Crippen molar-refractivity contribution >= 4 is 39.5 Å². The van der Waals surface area contributed by atoms with E-state index in [1.165, 1.54) is 10.8 Å². The van der Waals surface area contributed by atoms with Crippen molar-refractivity contribution < 1.29 is 4.79 Å². The molecule has 0 unspecified atom stereocenters. The number of carbonyl (C=O) groups is 1. The minimum absolute atomic E-state index is 0.0223. The number of carbonyl (C=O) groups excluding carboxylic acids is 1. The van der Waals surface area contributed by atoms with Gasteiger partial charge in [-0.15, -0.1) is 0 Å². The van der Waals surface area contributed by atoms with Crippen molar-refractivity contribution in [2.75, 3.05) is 0 Å². The standard InChI is InChI=1S/C25H18O/c26-23(17-15-21-11-5-9-19-7-1-3-13-24(19)21)18-16-22-12-6-10-20-8-2-4-14-25(20)22/h1-18H. The summed E-state index contributed by atoms with van der Waals surface area (Å²) in [6.07, 6.45) is 7.03. The molecule has 0 fully saturated rings. The molecule has 0 aromatic heterocycles. The molecule has 0 aliphatic heterocycles. The summed E-state index contributed by atoms with van der Waals surface area (Å²) in [5.41, 5.74) is 2.10. The van der Waals surface area contributed by atoms with Gasteiger partial charge in [-0.05, 0) is 44.8 Å². The molecule has 0 amide bonds. The van der Waals surface area contributed by atoms with Gasteiger partial charge < -0.3 is 0 Å². The smallest absolute Gasteiger partial charge is 0.178 e. The number of rotatable bonds is 4. The van der Waals surface area contributed by atoms with Crippen molar-refractivity contribution in [3.05, 3.63) is 108 Å². The first-order chi connectivity index (χ1) is 12.8. The van der Waals surface area contributed by atoms with Gasteiger partial charge in [-0.2, -0.15) is 0 Å². The largest absolute Gasteiger partial charge is 0.290 e. The van der Waals surface area contributed by atoms with Crippen LogP contribution in [0.2, 0.25) is 0 Å². The number of benzene rings is 4. The molecule has 0 atom stereocenters. The maximum Gasteiger partial charge on any atom is 0.178 e. The first kappa shape index (κ1) is 16.0. The van der Waals surface area contributed by atoms with Crippen LogP contribution in [0, 0.1) is 0 Å². The number of fused-ring (bicyclic) bond motifs is 2. The summed E-state index contributed by atoms with van der Waals surface area (Å²) in [5, 5.41) is 4.65. The van der Waals surface area contributed by atoms with E-state index in [1.807, 2.05) is 60.7 Å². The highest BCUT2D eigenvalue weighted by Gasteiger charge is 1.99. The number of hydrogen-bond donors (Lipinski definition) is 0. The topological polar surface area (TPSA) is 17.1 Å². The van der Waals surface area contributed by atoms with Crippen LogP contribution in [0.3, 0.4) is 0 Å². The van der Waals surface area contributed by atoms with E-state index in [4.69, 9.17) is 0 Å². The third-order valence-corrected chi connectivity index (χ3v) is 4.50.